The molecule has 0 aromatic carbocycles. The lowest BCUT2D eigenvalue weighted by atomic mass is 10.4. The van der Waals surface area contributed by atoms with Crippen LogP contribution >= 0.6 is 0 Å². The Balaban J connectivity index is 1.82. The van der Waals surface area contributed by atoms with E-state index in [1.165, 1.54) is 0 Å². The maximum absolute atomic E-state index is 11.7. The fraction of sp³-hybridized carbons (Fsp3) is 0.455. The van der Waals surface area contributed by atoms with E-state index in [0.29, 0.717) is 12.4 Å². The number of hydrogen-bond donors (Lipinski definition) is 2. The standard InChI is InChI=1S/C11H16N4O/c12-10-4-3-9(7-14-10)13-8-11(16)15-5-1-2-6-15/h3-4,7,13H,1-2,5-6,8H2,(H2,12,14). The Kier molecular flexibility index (Phi) is 3.24. The van der Waals surface area contributed by atoms with Crippen LogP contribution in [0.5, 0.6) is 0 Å². The van der Waals surface area contributed by atoms with Crippen LogP contribution in [0.3, 0.4) is 0 Å². The van der Waals surface area contributed by atoms with Gasteiger partial charge >= 0.3 is 0 Å². The Bertz CT molecular complexity index is 357. The van der Waals surface area contributed by atoms with Gasteiger partial charge in [0, 0.05) is 13.1 Å². The quantitative estimate of drug-likeness (QED) is 0.786. The van der Waals surface area contributed by atoms with E-state index < -0.39 is 0 Å². The Morgan fingerprint density at radius 2 is 2.19 bits per heavy atom. The first kappa shape index (κ1) is 10.7. The van der Waals surface area contributed by atoms with E-state index in [2.05, 4.69) is 10.3 Å². The summed E-state index contributed by atoms with van der Waals surface area (Å²) in [6.45, 7) is 2.10. The van der Waals surface area contributed by atoms with E-state index in [0.717, 1.165) is 31.6 Å². The number of pyridine rings is 1. The summed E-state index contributed by atoms with van der Waals surface area (Å²) in [5.74, 6) is 0.630. The number of nitrogens with zero attached hydrogens (tertiary/aromatic N) is 2. The molecule has 86 valence electrons. The number of carbonyl (C=O) groups is 1. The molecular weight excluding hydrogens is 204 g/mol. The maximum Gasteiger partial charge on any atom is 0.241 e. The number of anilines is 2. The molecule has 3 N–H and O–H groups in total. The zero-order valence-electron chi connectivity index (χ0n) is 9.15. The summed E-state index contributed by atoms with van der Waals surface area (Å²) in [7, 11) is 0. The third-order valence-corrected chi connectivity index (χ3v) is 2.69. The van der Waals surface area contributed by atoms with Gasteiger partial charge in [-0.3, -0.25) is 4.79 Å². The van der Waals surface area contributed by atoms with Gasteiger partial charge in [-0.1, -0.05) is 0 Å². The number of nitrogen functional groups attached to an aromatic ring is 1. The predicted molar refractivity (Wildman–Crippen MR) is 63.0 cm³/mol. The molecule has 1 saturated heterocycles. The predicted octanol–water partition coefficient (Wildman–Crippen LogP) is 0.698. The van der Waals surface area contributed by atoms with E-state index in [1.807, 2.05) is 11.0 Å². The van der Waals surface area contributed by atoms with Crippen molar-refractivity contribution in [3.05, 3.63) is 18.3 Å². The van der Waals surface area contributed by atoms with Gasteiger partial charge in [-0.05, 0) is 25.0 Å². The lowest BCUT2D eigenvalue weighted by Crippen LogP contribution is -2.32. The van der Waals surface area contributed by atoms with E-state index in [1.54, 1.807) is 12.3 Å². The van der Waals surface area contributed by atoms with Crippen molar-refractivity contribution in [3.63, 3.8) is 0 Å². The minimum absolute atomic E-state index is 0.148. The Labute approximate surface area is 94.6 Å². The summed E-state index contributed by atoms with van der Waals surface area (Å²) in [5, 5.41) is 3.04. The third kappa shape index (κ3) is 2.62. The van der Waals surface area contributed by atoms with Crippen molar-refractivity contribution < 1.29 is 4.79 Å². The molecule has 2 rings (SSSR count). The molecule has 1 aromatic rings. The fourth-order valence-corrected chi connectivity index (χ4v) is 1.77. The van der Waals surface area contributed by atoms with Crippen molar-refractivity contribution in [2.45, 2.75) is 12.8 Å². The second-order valence-corrected chi connectivity index (χ2v) is 3.91. The Morgan fingerprint density at radius 1 is 1.44 bits per heavy atom. The SMILES string of the molecule is Nc1ccc(NCC(=O)N2CCCC2)cn1. The van der Waals surface area contributed by atoms with Crippen molar-refractivity contribution in [1.29, 1.82) is 0 Å². The number of carbonyl (C=O) groups excluding carboxylic acids is 1. The molecule has 0 bridgehead atoms. The van der Waals surface area contributed by atoms with Gasteiger partial charge in [0.15, 0.2) is 0 Å². The number of nitrogens with one attached hydrogen (secondary N) is 1. The minimum Gasteiger partial charge on any atom is -0.384 e. The van der Waals surface area contributed by atoms with Gasteiger partial charge in [-0.25, -0.2) is 4.98 Å². The summed E-state index contributed by atoms with van der Waals surface area (Å²) in [4.78, 5) is 17.5. The van der Waals surface area contributed by atoms with Crippen molar-refractivity contribution in [3.8, 4) is 0 Å². The molecule has 1 aromatic heterocycles. The molecule has 1 aliphatic rings. The average molecular weight is 220 g/mol. The van der Waals surface area contributed by atoms with Crippen molar-refractivity contribution in [2.24, 2.45) is 0 Å². The monoisotopic (exact) mass is 220 g/mol. The first-order valence-electron chi connectivity index (χ1n) is 5.49. The molecule has 1 aliphatic heterocycles. The summed E-state index contributed by atoms with van der Waals surface area (Å²) < 4.78 is 0. The Morgan fingerprint density at radius 3 is 2.81 bits per heavy atom. The number of likely N-dealkylation sites (tertiary alicyclic amines) is 1. The highest BCUT2D eigenvalue weighted by Gasteiger charge is 2.16. The van der Waals surface area contributed by atoms with Crippen LogP contribution in [0.4, 0.5) is 11.5 Å². The summed E-state index contributed by atoms with van der Waals surface area (Å²) >= 11 is 0. The smallest absolute Gasteiger partial charge is 0.241 e. The Hall–Kier alpha value is -1.78. The van der Waals surface area contributed by atoms with Crippen LogP contribution in [0, 0.1) is 0 Å². The zero-order valence-corrected chi connectivity index (χ0v) is 9.15. The first-order chi connectivity index (χ1) is 7.75. The van der Waals surface area contributed by atoms with Gasteiger partial charge in [0.25, 0.3) is 0 Å². The highest BCUT2D eigenvalue weighted by atomic mass is 16.2. The highest BCUT2D eigenvalue weighted by Crippen LogP contribution is 2.09. The van der Waals surface area contributed by atoms with Gasteiger partial charge in [-0.2, -0.15) is 0 Å². The topological polar surface area (TPSA) is 71.2 Å². The molecule has 0 spiro atoms. The van der Waals surface area contributed by atoms with Gasteiger partial charge in [0.1, 0.15) is 5.82 Å². The van der Waals surface area contributed by atoms with E-state index in [9.17, 15) is 4.79 Å². The van der Waals surface area contributed by atoms with Crippen LogP contribution in [-0.2, 0) is 4.79 Å². The molecule has 1 fully saturated rings. The summed E-state index contributed by atoms with van der Waals surface area (Å²) in [6.07, 6.45) is 3.87. The van der Waals surface area contributed by atoms with E-state index in [-0.39, 0.29) is 5.91 Å². The normalized spacial score (nSPS) is 15.1. The molecule has 2 heterocycles. The minimum atomic E-state index is 0.148. The number of hydrogen-bond acceptors (Lipinski definition) is 4. The van der Waals surface area contributed by atoms with Gasteiger partial charge in [0.2, 0.25) is 5.91 Å². The van der Waals surface area contributed by atoms with E-state index >= 15 is 0 Å². The molecule has 0 saturated carbocycles. The van der Waals surface area contributed by atoms with Crippen molar-refractivity contribution >= 4 is 17.4 Å². The fourth-order valence-electron chi connectivity index (χ4n) is 1.77. The zero-order chi connectivity index (χ0) is 11.4. The molecule has 0 unspecified atom stereocenters. The maximum atomic E-state index is 11.7. The van der Waals surface area contributed by atoms with Gasteiger partial charge in [0.05, 0.1) is 18.4 Å². The second-order valence-electron chi connectivity index (χ2n) is 3.91. The lowest BCUT2D eigenvalue weighted by molar-refractivity contribution is -0.128. The van der Waals surface area contributed by atoms with Crippen LogP contribution in [0.2, 0.25) is 0 Å². The molecule has 0 atom stereocenters. The average Bonchev–Trinajstić information content (AvgIpc) is 2.81. The summed E-state index contributed by atoms with van der Waals surface area (Å²) in [6, 6.07) is 3.53. The molecule has 5 nitrogen and oxygen atoms in total. The van der Waals surface area contributed by atoms with E-state index in [4.69, 9.17) is 5.73 Å². The van der Waals surface area contributed by atoms with Crippen molar-refractivity contribution in [1.82, 2.24) is 9.88 Å². The van der Waals surface area contributed by atoms with Gasteiger partial charge in [-0.15, -0.1) is 0 Å². The number of aromatic nitrogens is 1. The summed E-state index contributed by atoms with van der Waals surface area (Å²) in [5.41, 5.74) is 6.29. The van der Waals surface area contributed by atoms with Crippen LogP contribution in [0.15, 0.2) is 18.3 Å². The highest BCUT2D eigenvalue weighted by molar-refractivity contribution is 5.81. The molecule has 0 aliphatic carbocycles. The second kappa shape index (κ2) is 4.83. The largest absolute Gasteiger partial charge is 0.384 e. The third-order valence-electron chi connectivity index (χ3n) is 2.69. The lowest BCUT2D eigenvalue weighted by Gasteiger charge is -2.15. The van der Waals surface area contributed by atoms with Crippen LogP contribution in [0.25, 0.3) is 0 Å². The molecule has 5 heteroatoms. The first-order valence-corrected chi connectivity index (χ1v) is 5.49. The molecule has 1 amide bonds. The van der Waals surface area contributed by atoms with Gasteiger partial charge < -0.3 is 16.0 Å². The molecule has 0 radical (unpaired) electrons. The number of rotatable bonds is 3. The number of nitrogens with two attached hydrogens (primary N) is 1. The van der Waals surface area contributed by atoms with Crippen LogP contribution < -0.4 is 11.1 Å². The van der Waals surface area contributed by atoms with Crippen LogP contribution in [-0.4, -0.2) is 35.4 Å². The van der Waals surface area contributed by atoms with Crippen LogP contribution in [0.1, 0.15) is 12.8 Å². The molecular formula is C11H16N4O. The van der Waals surface area contributed by atoms with Crippen molar-refractivity contribution in [2.75, 3.05) is 30.7 Å². The molecule has 16 heavy (non-hydrogen) atoms. The number of amides is 1.